The number of carbonyl (C=O) groups is 1. The van der Waals surface area contributed by atoms with E-state index in [0.29, 0.717) is 18.0 Å². The van der Waals surface area contributed by atoms with Gasteiger partial charge in [-0.15, -0.1) is 11.3 Å². The standard InChI is InChI=1S/C24H27N3O3S/c1-2-30-22-9-4-3-8-21(22)26-23(28)15-20-17-31-24(25-20)19-7-5-6-18(14-19)16-27-10-12-29-13-11-27/h3-9,14,17H,2,10-13,15-16H2,1H3,(H,26,28). The fraction of sp³-hybridized carbons (Fsp3) is 0.333. The summed E-state index contributed by atoms with van der Waals surface area (Å²) in [5.41, 5.74) is 3.80. The lowest BCUT2D eigenvalue weighted by molar-refractivity contribution is -0.115. The minimum absolute atomic E-state index is 0.106. The predicted octanol–water partition coefficient (Wildman–Crippen LogP) is 4.22. The predicted molar refractivity (Wildman–Crippen MR) is 124 cm³/mol. The van der Waals surface area contributed by atoms with E-state index in [-0.39, 0.29) is 12.3 Å². The molecule has 3 aromatic rings. The van der Waals surface area contributed by atoms with Crippen molar-refractivity contribution in [3.05, 3.63) is 65.2 Å². The van der Waals surface area contributed by atoms with Gasteiger partial charge in [0, 0.05) is 30.6 Å². The molecule has 1 fully saturated rings. The van der Waals surface area contributed by atoms with Gasteiger partial charge in [0.25, 0.3) is 0 Å². The fourth-order valence-electron chi connectivity index (χ4n) is 3.55. The topological polar surface area (TPSA) is 63.7 Å². The normalized spacial score (nSPS) is 14.4. The number of aromatic nitrogens is 1. The molecule has 162 valence electrons. The molecule has 1 amide bonds. The van der Waals surface area contributed by atoms with E-state index in [2.05, 4.69) is 34.5 Å². The Hall–Kier alpha value is -2.74. The highest BCUT2D eigenvalue weighted by molar-refractivity contribution is 7.13. The zero-order valence-corrected chi connectivity index (χ0v) is 18.5. The van der Waals surface area contributed by atoms with Crippen molar-refractivity contribution >= 4 is 22.9 Å². The van der Waals surface area contributed by atoms with Crippen LogP contribution in [0, 0.1) is 0 Å². The number of carbonyl (C=O) groups excluding carboxylic acids is 1. The summed E-state index contributed by atoms with van der Waals surface area (Å²) in [7, 11) is 0. The van der Waals surface area contributed by atoms with Crippen molar-refractivity contribution in [1.82, 2.24) is 9.88 Å². The van der Waals surface area contributed by atoms with E-state index in [9.17, 15) is 4.79 Å². The van der Waals surface area contributed by atoms with Crippen LogP contribution in [0.15, 0.2) is 53.9 Å². The van der Waals surface area contributed by atoms with Gasteiger partial charge in [-0.1, -0.05) is 30.3 Å². The number of rotatable bonds is 8. The molecule has 0 bridgehead atoms. The lowest BCUT2D eigenvalue weighted by Gasteiger charge is -2.26. The second-order valence-electron chi connectivity index (χ2n) is 7.39. The lowest BCUT2D eigenvalue weighted by atomic mass is 10.1. The molecule has 1 aromatic heterocycles. The number of benzene rings is 2. The maximum absolute atomic E-state index is 12.5. The van der Waals surface area contributed by atoms with Crippen molar-refractivity contribution < 1.29 is 14.3 Å². The summed E-state index contributed by atoms with van der Waals surface area (Å²) in [5, 5.41) is 5.82. The number of para-hydroxylation sites is 2. The highest BCUT2D eigenvalue weighted by atomic mass is 32.1. The van der Waals surface area contributed by atoms with Crippen LogP contribution < -0.4 is 10.1 Å². The zero-order valence-electron chi connectivity index (χ0n) is 17.7. The van der Waals surface area contributed by atoms with E-state index >= 15 is 0 Å². The van der Waals surface area contributed by atoms with E-state index in [4.69, 9.17) is 14.5 Å². The average Bonchev–Trinajstić information content (AvgIpc) is 3.25. The number of hydrogen-bond acceptors (Lipinski definition) is 6. The number of morpholine rings is 1. The van der Waals surface area contributed by atoms with Crippen LogP contribution in [-0.2, 0) is 22.5 Å². The average molecular weight is 438 g/mol. The molecule has 1 N–H and O–H groups in total. The second-order valence-corrected chi connectivity index (χ2v) is 8.25. The van der Waals surface area contributed by atoms with Crippen LogP contribution in [0.5, 0.6) is 5.75 Å². The van der Waals surface area contributed by atoms with E-state index in [0.717, 1.165) is 49.1 Å². The molecule has 0 unspecified atom stereocenters. The van der Waals surface area contributed by atoms with Crippen LogP contribution in [0.4, 0.5) is 5.69 Å². The first-order valence-electron chi connectivity index (χ1n) is 10.6. The lowest BCUT2D eigenvalue weighted by Crippen LogP contribution is -2.35. The van der Waals surface area contributed by atoms with Crippen molar-refractivity contribution in [3.8, 4) is 16.3 Å². The molecule has 2 heterocycles. The molecule has 0 radical (unpaired) electrons. The van der Waals surface area contributed by atoms with Crippen molar-refractivity contribution in [1.29, 1.82) is 0 Å². The van der Waals surface area contributed by atoms with E-state index < -0.39 is 0 Å². The van der Waals surface area contributed by atoms with Gasteiger partial charge in [0.05, 0.1) is 37.6 Å². The number of ether oxygens (including phenoxy) is 2. The summed E-state index contributed by atoms with van der Waals surface area (Å²) in [4.78, 5) is 19.6. The molecule has 4 rings (SSSR count). The van der Waals surface area contributed by atoms with Crippen LogP contribution in [0.3, 0.4) is 0 Å². The van der Waals surface area contributed by atoms with Gasteiger partial charge in [0.1, 0.15) is 10.8 Å². The number of thiazole rings is 1. The molecule has 1 aliphatic heterocycles. The van der Waals surface area contributed by atoms with E-state index in [1.165, 1.54) is 5.56 Å². The molecule has 31 heavy (non-hydrogen) atoms. The van der Waals surface area contributed by atoms with Gasteiger partial charge in [0.2, 0.25) is 5.91 Å². The maximum atomic E-state index is 12.5. The molecular weight excluding hydrogens is 410 g/mol. The Morgan fingerprint density at radius 2 is 2.03 bits per heavy atom. The Kier molecular flexibility index (Phi) is 7.30. The summed E-state index contributed by atoms with van der Waals surface area (Å²) in [6.45, 7) is 6.91. The molecule has 0 saturated carbocycles. The molecule has 0 aliphatic carbocycles. The molecule has 7 heteroatoms. The van der Waals surface area contributed by atoms with Crippen LogP contribution >= 0.6 is 11.3 Å². The number of hydrogen-bond donors (Lipinski definition) is 1. The Balaban J connectivity index is 1.39. The Labute approximate surface area is 186 Å². The molecular formula is C24H27N3O3S. The molecule has 1 aliphatic rings. The van der Waals surface area contributed by atoms with E-state index in [1.807, 2.05) is 36.6 Å². The molecule has 0 spiro atoms. The molecule has 0 atom stereocenters. The number of nitrogens with one attached hydrogen (secondary N) is 1. The number of anilines is 1. The minimum Gasteiger partial charge on any atom is -0.492 e. The first-order valence-corrected chi connectivity index (χ1v) is 11.4. The van der Waals surface area contributed by atoms with Gasteiger partial charge in [-0.2, -0.15) is 0 Å². The maximum Gasteiger partial charge on any atom is 0.230 e. The van der Waals surface area contributed by atoms with Gasteiger partial charge in [-0.05, 0) is 30.7 Å². The van der Waals surface area contributed by atoms with Crippen molar-refractivity contribution in [2.24, 2.45) is 0 Å². The third kappa shape index (κ3) is 5.91. The molecule has 1 saturated heterocycles. The Morgan fingerprint density at radius 1 is 1.19 bits per heavy atom. The van der Waals surface area contributed by atoms with Gasteiger partial charge >= 0.3 is 0 Å². The van der Waals surface area contributed by atoms with Crippen LogP contribution in [0.25, 0.3) is 10.6 Å². The van der Waals surface area contributed by atoms with Crippen LogP contribution in [0.1, 0.15) is 18.2 Å². The van der Waals surface area contributed by atoms with Gasteiger partial charge in [-0.25, -0.2) is 4.98 Å². The summed E-state index contributed by atoms with van der Waals surface area (Å²) in [5.74, 6) is 0.569. The van der Waals surface area contributed by atoms with Crippen molar-refractivity contribution in [3.63, 3.8) is 0 Å². The SMILES string of the molecule is CCOc1ccccc1NC(=O)Cc1csc(-c2cccc(CN3CCOCC3)c2)n1. The zero-order chi connectivity index (χ0) is 21.5. The third-order valence-corrected chi connectivity index (χ3v) is 5.98. The minimum atomic E-state index is -0.106. The fourth-order valence-corrected chi connectivity index (χ4v) is 4.37. The van der Waals surface area contributed by atoms with Crippen LogP contribution in [-0.4, -0.2) is 48.7 Å². The summed E-state index contributed by atoms with van der Waals surface area (Å²) < 4.78 is 11.0. The Bertz CT molecular complexity index is 1010. The summed E-state index contributed by atoms with van der Waals surface area (Å²) in [6, 6.07) is 15.9. The quantitative estimate of drug-likeness (QED) is 0.572. The first-order chi connectivity index (χ1) is 15.2. The van der Waals surface area contributed by atoms with Crippen LogP contribution in [0.2, 0.25) is 0 Å². The highest BCUT2D eigenvalue weighted by Crippen LogP contribution is 2.27. The number of amides is 1. The molecule has 6 nitrogen and oxygen atoms in total. The third-order valence-electron chi connectivity index (χ3n) is 5.04. The highest BCUT2D eigenvalue weighted by Gasteiger charge is 2.14. The smallest absolute Gasteiger partial charge is 0.230 e. The Morgan fingerprint density at radius 3 is 2.87 bits per heavy atom. The van der Waals surface area contributed by atoms with Crippen molar-refractivity contribution in [2.45, 2.75) is 19.9 Å². The summed E-state index contributed by atoms with van der Waals surface area (Å²) in [6.07, 6.45) is 0.227. The molecule has 2 aromatic carbocycles. The number of nitrogens with zero attached hydrogens (tertiary/aromatic N) is 2. The van der Waals surface area contributed by atoms with Gasteiger partial charge in [-0.3, -0.25) is 9.69 Å². The van der Waals surface area contributed by atoms with E-state index in [1.54, 1.807) is 11.3 Å². The second kappa shape index (κ2) is 10.5. The van der Waals surface area contributed by atoms with Crippen molar-refractivity contribution in [2.75, 3.05) is 38.2 Å². The summed E-state index contributed by atoms with van der Waals surface area (Å²) >= 11 is 1.57. The largest absolute Gasteiger partial charge is 0.492 e. The van der Waals surface area contributed by atoms with Gasteiger partial charge in [0.15, 0.2) is 0 Å². The first kappa shape index (κ1) is 21.5. The van der Waals surface area contributed by atoms with Gasteiger partial charge < -0.3 is 14.8 Å². The monoisotopic (exact) mass is 437 g/mol.